The van der Waals surface area contributed by atoms with E-state index in [9.17, 15) is 4.79 Å². The molecule has 1 aromatic heterocycles. The van der Waals surface area contributed by atoms with Gasteiger partial charge < -0.3 is 10.2 Å². The molecule has 0 aliphatic carbocycles. The van der Waals surface area contributed by atoms with E-state index in [2.05, 4.69) is 15.2 Å². The Morgan fingerprint density at radius 3 is 3.10 bits per heavy atom. The van der Waals surface area contributed by atoms with E-state index in [-0.39, 0.29) is 5.91 Å². The Hall–Kier alpha value is -1.62. The zero-order chi connectivity index (χ0) is 14.7. The molecular formula is C16H24N4O. The first kappa shape index (κ1) is 14.3. The molecule has 3 rings (SSSR count). The van der Waals surface area contributed by atoms with Crippen LogP contribution >= 0.6 is 0 Å². The molecule has 0 saturated carbocycles. The summed E-state index contributed by atoms with van der Waals surface area (Å²) in [5.41, 5.74) is 1.52. The molecule has 1 amide bonds. The summed E-state index contributed by atoms with van der Waals surface area (Å²) in [4.78, 5) is 21.5. The maximum absolute atomic E-state index is 12.7. The minimum atomic E-state index is 0.0727. The van der Waals surface area contributed by atoms with Crippen LogP contribution in [0.5, 0.6) is 0 Å². The van der Waals surface area contributed by atoms with Gasteiger partial charge in [0.15, 0.2) is 0 Å². The second kappa shape index (κ2) is 6.43. The van der Waals surface area contributed by atoms with Crippen LogP contribution in [0.3, 0.4) is 0 Å². The lowest BCUT2D eigenvalue weighted by atomic mass is 10.2. The Balaban J connectivity index is 1.73. The van der Waals surface area contributed by atoms with Crippen LogP contribution in [0.4, 0.5) is 5.69 Å². The predicted molar refractivity (Wildman–Crippen MR) is 83.5 cm³/mol. The number of rotatable bonds is 3. The first-order valence-corrected chi connectivity index (χ1v) is 8.01. The molecule has 2 aliphatic rings. The number of carbonyl (C=O) groups excluding carboxylic acids is 1. The van der Waals surface area contributed by atoms with Crippen LogP contribution < -0.4 is 5.32 Å². The fourth-order valence-corrected chi connectivity index (χ4v) is 3.41. The summed E-state index contributed by atoms with van der Waals surface area (Å²) in [5, 5.41) is 3.24. The van der Waals surface area contributed by atoms with Gasteiger partial charge in [-0.05, 0) is 44.9 Å². The van der Waals surface area contributed by atoms with Crippen LogP contribution in [0.1, 0.15) is 36.7 Å². The molecule has 21 heavy (non-hydrogen) atoms. The average molecular weight is 288 g/mol. The van der Waals surface area contributed by atoms with E-state index in [0.29, 0.717) is 11.7 Å². The molecule has 0 spiro atoms. The molecule has 1 unspecified atom stereocenters. The van der Waals surface area contributed by atoms with Gasteiger partial charge >= 0.3 is 0 Å². The number of carbonyl (C=O) groups is 1. The second-order valence-electron chi connectivity index (χ2n) is 5.90. The van der Waals surface area contributed by atoms with Crippen molar-refractivity contribution in [3.05, 3.63) is 24.0 Å². The number of amides is 1. The SMILES string of the molecule is CCNc1ccnc(C(=O)N2CCCN3CCCC3C2)c1. The van der Waals surface area contributed by atoms with Crippen molar-refractivity contribution in [2.45, 2.75) is 32.2 Å². The Morgan fingerprint density at radius 2 is 2.24 bits per heavy atom. The predicted octanol–water partition coefficient (Wildman–Crippen LogP) is 1.82. The van der Waals surface area contributed by atoms with Crippen molar-refractivity contribution in [1.29, 1.82) is 0 Å². The lowest BCUT2D eigenvalue weighted by Gasteiger charge is -2.25. The molecule has 0 aromatic carbocycles. The number of anilines is 1. The third-order valence-electron chi connectivity index (χ3n) is 4.45. The number of aromatic nitrogens is 1. The average Bonchev–Trinajstić information content (AvgIpc) is 2.84. The summed E-state index contributed by atoms with van der Waals surface area (Å²) in [5.74, 6) is 0.0727. The van der Waals surface area contributed by atoms with Gasteiger partial charge in [-0.2, -0.15) is 0 Å². The number of nitrogens with one attached hydrogen (secondary N) is 1. The van der Waals surface area contributed by atoms with Crippen molar-refractivity contribution in [3.63, 3.8) is 0 Å². The molecule has 0 radical (unpaired) electrons. The highest BCUT2D eigenvalue weighted by Crippen LogP contribution is 2.22. The van der Waals surface area contributed by atoms with E-state index in [4.69, 9.17) is 0 Å². The minimum absolute atomic E-state index is 0.0727. The van der Waals surface area contributed by atoms with Crippen LogP contribution in [0.2, 0.25) is 0 Å². The lowest BCUT2D eigenvalue weighted by Crippen LogP contribution is -2.39. The largest absolute Gasteiger partial charge is 0.385 e. The highest BCUT2D eigenvalue weighted by molar-refractivity contribution is 5.93. The molecule has 1 aromatic rings. The van der Waals surface area contributed by atoms with Crippen LogP contribution in [-0.2, 0) is 0 Å². The van der Waals surface area contributed by atoms with Crippen molar-refractivity contribution in [2.24, 2.45) is 0 Å². The Bertz CT molecular complexity index is 505. The standard InChI is InChI=1S/C16H24N4O/c1-2-17-13-6-7-18-15(11-13)16(21)20-10-4-9-19-8-3-5-14(19)12-20/h6-7,11,14H,2-5,8-10,12H2,1H3,(H,17,18). The number of fused-ring (bicyclic) bond motifs is 1. The number of pyridine rings is 1. The molecule has 5 nitrogen and oxygen atoms in total. The smallest absolute Gasteiger partial charge is 0.272 e. The maximum atomic E-state index is 12.7. The van der Waals surface area contributed by atoms with Crippen molar-refractivity contribution < 1.29 is 4.79 Å². The molecule has 114 valence electrons. The van der Waals surface area contributed by atoms with Gasteiger partial charge in [-0.1, -0.05) is 0 Å². The zero-order valence-corrected chi connectivity index (χ0v) is 12.7. The van der Waals surface area contributed by atoms with E-state index < -0.39 is 0 Å². The third kappa shape index (κ3) is 3.18. The normalized spacial score (nSPS) is 22.7. The van der Waals surface area contributed by atoms with Crippen LogP contribution in [0, 0.1) is 0 Å². The zero-order valence-electron chi connectivity index (χ0n) is 12.7. The van der Waals surface area contributed by atoms with E-state index in [0.717, 1.165) is 38.3 Å². The molecule has 2 saturated heterocycles. The monoisotopic (exact) mass is 288 g/mol. The number of hydrogen-bond donors (Lipinski definition) is 1. The van der Waals surface area contributed by atoms with Crippen molar-refractivity contribution in [3.8, 4) is 0 Å². The topological polar surface area (TPSA) is 48.5 Å². The fourth-order valence-electron chi connectivity index (χ4n) is 3.41. The van der Waals surface area contributed by atoms with Gasteiger partial charge in [0, 0.05) is 44.1 Å². The highest BCUT2D eigenvalue weighted by atomic mass is 16.2. The molecule has 2 aliphatic heterocycles. The molecule has 0 bridgehead atoms. The maximum Gasteiger partial charge on any atom is 0.272 e. The molecular weight excluding hydrogens is 264 g/mol. The van der Waals surface area contributed by atoms with E-state index in [1.54, 1.807) is 6.20 Å². The minimum Gasteiger partial charge on any atom is -0.385 e. The van der Waals surface area contributed by atoms with Gasteiger partial charge in [0.1, 0.15) is 5.69 Å². The summed E-state index contributed by atoms with van der Waals surface area (Å²) in [6.45, 7) is 6.91. The Labute approximate surface area is 126 Å². The summed E-state index contributed by atoms with van der Waals surface area (Å²) in [6.07, 6.45) is 5.26. The van der Waals surface area contributed by atoms with E-state index in [1.165, 1.54) is 19.4 Å². The molecule has 1 N–H and O–H groups in total. The van der Waals surface area contributed by atoms with Crippen LogP contribution in [0.15, 0.2) is 18.3 Å². The second-order valence-corrected chi connectivity index (χ2v) is 5.90. The molecule has 2 fully saturated rings. The van der Waals surface area contributed by atoms with Crippen LogP contribution in [0.25, 0.3) is 0 Å². The van der Waals surface area contributed by atoms with Gasteiger partial charge in [-0.3, -0.25) is 14.7 Å². The summed E-state index contributed by atoms with van der Waals surface area (Å²) in [7, 11) is 0. The van der Waals surface area contributed by atoms with Gasteiger partial charge in [-0.25, -0.2) is 0 Å². The quantitative estimate of drug-likeness (QED) is 0.922. The van der Waals surface area contributed by atoms with Gasteiger partial charge in [-0.15, -0.1) is 0 Å². The fraction of sp³-hybridized carbons (Fsp3) is 0.625. The first-order valence-electron chi connectivity index (χ1n) is 8.01. The molecule has 1 atom stereocenters. The molecule has 3 heterocycles. The van der Waals surface area contributed by atoms with Crippen molar-refractivity contribution in [2.75, 3.05) is 38.0 Å². The molecule has 5 heteroatoms. The Kier molecular flexibility index (Phi) is 4.39. The summed E-state index contributed by atoms with van der Waals surface area (Å²) < 4.78 is 0. The third-order valence-corrected chi connectivity index (χ3v) is 4.45. The van der Waals surface area contributed by atoms with Crippen LogP contribution in [-0.4, -0.2) is 59.5 Å². The Morgan fingerprint density at radius 1 is 1.38 bits per heavy atom. The summed E-state index contributed by atoms with van der Waals surface area (Å²) >= 11 is 0. The van der Waals surface area contributed by atoms with Gasteiger partial charge in [0.2, 0.25) is 0 Å². The summed E-state index contributed by atoms with van der Waals surface area (Å²) in [6, 6.07) is 4.32. The van der Waals surface area contributed by atoms with Gasteiger partial charge in [0.25, 0.3) is 5.91 Å². The number of nitrogens with zero attached hydrogens (tertiary/aromatic N) is 3. The highest BCUT2D eigenvalue weighted by Gasteiger charge is 2.31. The lowest BCUT2D eigenvalue weighted by molar-refractivity contribution is 0.0737. The number of hydrogen-bond acceptors (Lipinski definition) is 4. The van der Waals surface area contributed by atoms with E-state index >= 15 is 0 Å². The van der Waals surface area contributed by atoms with Gasteiger partial charge in [0.05, 0.1) is 0 Å². The first-order chi connectivity index (χ1) is 10.3. The van der Waals surface area contributed by atoms with Crippen molar-refractivity contribution >= 4 is 11.6 Å². The van der Waals surface area contributed by atoms with E-state index in [1.807, 2.05) is 24.0 Å². The van der Waals surface area contributed by atoms with Crippen molar-refractivity contribution in [1.82, 2.24) is 14.8 Å².